The zero-order valence-electron chi connectivity index (χ0n) is 37.8. The predicted molar refractivity (Wildman–Crippen MR) is 309 cm³/mol. The van der Waals surface area contributed by atoms with Crippen molar-refractivity contribution in [2.75, 3.05) is 0 Å². The number of rotatable bonds is 7. The molecule has 0 saturated carbocycles. The number of hydrogen-bond acceptors (Lipinski definition) is 2. The Morgan fingerprint density at radius 1 is 0.257 bits per heavy atom. The SMILES string of the molecule is Brc1sc2c(-c3ccccc3)c(-c3ccccc3)c3ccccc3c2c1-c1ccccc1.Clc1ccc(-c2sc3c(-c4ccccc4)c(-c4ccccc4)c4ccccc4c3c2-c2ccccc2)cc1. The smallest absolute Gasteiger partial charge is 0.0789 e. The molecule has 332 valence electrons. The standard InChI is InChI=1S/C36H23ClS.C30H19BrS/c37-28-22-20-27(21-23-28)35-33(26-16-8-3-9-17-26)34-30-19-11-10-18-29(30)31(24-12-4-1-5-13-24)32(36(34)38-35)25-14-6-2-7-15-25;31-30-27(22-16-8-3-9-17-22)28-24-19-11-10-18-23(24)25(20-12-4-1-5-13-20)26(29(28)32-30)21-14-6-2-7-15-21/h1-23H;1-19H. The molecular formula is C66H42BrClS2. The molecule has 0 saturated heterocycles. The van der Waals surface area contributed by atoms with E-state index in [2.05, 4.69) is 259 Å². The van der Waals surface area contributed by atoms with Gasteiger partial charge in [-0.1, -0.05) is 254 Å². The molecular weight excluding hydrogens is 972 g/mol. The monoisotopic (exact) mass is 1010 g/mol. The Morgan fingerprint density at radius 2 is 0.557 bits per heavy atom. The van der Waals surface area contributed by atoms with Gasteiger partial charge in [0, 0.05) is 52.3 Å². The highest BCUT2D eigenvalue weighted by Crippen LogP contribution is 2.55. The van der Waals surface area contributed by atoms with Crippen molar-refractivity contribution in [2.24, 2.45) is 0 Å². The van der Waals surface area contributed by atoms with Crippen molar-refractivity contribution in [3.8, 4) is 77.2 Å². The second kappa shape index (κ2) is 19.2. The van der Waals surface area contributed by atoms with E-state index in [9.17, 15) is 0 Å². The first-order valence-corrected chi connectivity index (χ1v) is 26.2. The Bertz CT molecular complexity index is 3960. The van der Waals surface area contributed by atoms with E-state index in [4.69, 9.17) is 11.6 Å². The summed E-state index contributed by atoms with van der Waals surface area (Å²) in [4.78, 5) is 1.26. The van der Waals surface area contributed by atoms with Crippen molar-refractivity contribution in [3.63, 3.8) is 0 Å². The van der Waals surface area contributed by atoms with E-state index in [1.807, 2.05) is 34.8 Å². The molecule has 4 heteroatoms. The van der Waals surface area contributed by atoms with Crippen molar-refractivity contribution in [1.29, 1.82) is 0 Å². The summed E-state index contributed by atoms with van der Waals surface area (Å²) in [6, 6.07) is 90.7. The van der Waals surface area contributed by atoms with E-state index in [1.165, 1.54) is 123 Å². The van der Waals surface area contributed by atoms with Gasteiger partial charge in [0.15, 0.2) is 0 Å². The molecule has 0 aliphatic carbocycles. The molecule has 0 spiro atoms. The largest absolute Gasteiger partial charge is 0.134 e. The van der Waals surface area contributed by atoms with Gasteiger partial charge in [-0.2, -0.15) is 0 Å². The fraction of sp³-hybridized carbons (Fsp3) is 0. The molecule has 0 aliphatic rings. The Morgan fingerprint density at radius 3 is 0.957 bits per heavy atom. The fourth-order valence-corrected chi connectivity index (χ4v) is 13.7. The minimum Gasteiger partial charge on any atom is -0.134 e. The summed E-state index contributed by atoms with van der Waals surface area (Å²) in [5, 5.41) is 8.49. The van der Waals surface area contributed by atoms with Crippen molar-refractivity contribution in [1.82, 2.24) is 0 Å². The molecule has 0 unspecified atom stereocenters. The molecule has 0 fully saturated rings. The summed E-state index contributed by atoms with van der Waals surface area (Å²) in [6.45, 7) is 0. The normalized spacial score (nSPS) is 11.3. The van der Waals surface area contributed by atoms with Gasteiger partial charge in [0.25, 0.3) is 0 Å². The second-order valence-electron chi connectivity index (χ2n) is 17.3. The maximum atomic E-state index is 6.31. The molecule has 13 rings (SSSR count). The van der Waals surface area contributed by atoms with Crippen LogP contribution in [-0.4, -0.2) is 0 Å². The third-order valence-electron chi connectivity index (χ3n) is 13.1. The van der Waals surface area contributed by atoms with Crippen LogP contribution in [-0.2, 0) is 0 Å². The van der Waals surface area contributed by atoms with Crippen LogP contribution in [0.5, 0.6) is 0 Å². The molecule has 70 heavy (non-hydrogen) atoms. The van der Waals surface area contributed by atoms with E-state index in [0.717, 1.165) is 5.02 Å². The summed E-state index contributed by atoms with van der Waals surface area (Å²) in [7, 11) is 0. The summed E-state index contributed by atoms with van der Waals surface area (Å²) < 4.78 is 3.79. The molecule has 2 aromatic heterocycles. The van der Waals surface area contributed by atoms with Crippen LogP contribution in [0.4, 0.5) is 0 Å². The molecule has 0 amide bonds. The molecule has 0 atom stereocenters. The summed E-state index contributed by atoms with van der Waals surface area (Å²) in [6.07, 6.45) is 0. The van der Waals surface area contributed by atoms with Gasteiger partial charge in [-0.15, -0.1) is 22.7 Å². The number of fused-ring (bicyclic) bond motifs is 6. The van der Waals surface area contributed by atoms with E-state index in [-0.39, 0.29) is 0 Å². The zero-order valence-corrected chi connectivity index (χ0v) is 41.8. The van der Waals surface area contributed by atoms with Crippen molar-refractivity contribution in [3.05, 3.63) is 264 Å². The first-order chi connectivity index (χ1) is 34.6. The number of thiophene rings is 2. The average Bonchev–Trinajstić information content (AvgIpc) is 4.00. The molecule has 2 heterocycles. The van der Waals surface area contributed by atoms with E-state index >= 15 is 0 Å². The highest BCUT2D eigenvalue weighted by Gasteiger charge is 2.26. The van der Waals surface area contributed by atoms with Gasteiger partial charge >= 0.3 is 0 Å². The zero-order chi connectivity index (χ0) is 47.0. The third kappa shape index (κ3) is 7.95. The molecule has 13 aromatic rings. The Hall–Kier alpha value is -7.37. The maximum Gasteiger partial charge on any atom is 0.0789 e. The third-order valence-corrected chi connectivity index (χ3v) is 16.5. The van der Waals surface area contributed by atoms with Gasteiger partial charge < -0.3 is 0 Å². The highest BCUT2D eigenvalue weighted by atomic mass is 79.9. The van der Waals surface area contributed by atoms with Gasteiger partial charge in [0.05, 0.1) is 3.79 Å². The summed E-state index contributed by atoms with van der Waals surface area (Å²) >= 11 is 14.0. The van der Waals surface area contributed by atoms with Gasteiger partial charge in [-0.3, -0.25) is 0 Å². The van der Waals surface area contributed by atoms with Gasteiger partial charge in [-0.05, 0) is 99.7 Å². The predicted octanol–water partition coefficient (Wildman–Crippen LogP) is 21.2. The molecule has 0 N–H and O–H groups in total. The highest BCUT2D eigenvalue weighted by molar-refractivity contribution is 9.11. The van der Waals surface area contributed by atoms with Crippen LogP contribution in [0.1, 0.15) is 0 Å². The van der Waals surface area contributed by atoms with Gasteiger partial charge in [0.2, 0.25) is 0 Å². The van der Waals surface area contributed by atoms with E-state index < -0.39 is 0 Å². The number of halogens is 2. The lowest BCUT2D eigenvalue weighted by Crippen LogP contribution is -1.90. The van der Waals surface area contributed by atoms with Gasteiger partial charge in [-0.25, -0.2) is 0 Å². The van der Waals surface area contributed by atoms with Crippen LogP contribution in [0.3, 0.4) is 0 Å². The Kier molecular flexibility index (Phi) is 12.0. The lowest BCUT2D eigenvalue weighted by Gasteiger charge is -2.17. The molecule has 0 aliphatic heterocycles. The van der Waals surface area contributed by atoms with Crippen LogP contribution < -0.4 is 0 Å². The minimum absolute atomic E-state index is 0.748. The average molecular weight is 1010 g/mol. The fourth-order valence-electron chi connectivity index (χ4n) is 10.2. The van der Waals surface area contributed by atoms with Crippen LogP contribution in [0.2, 0.25) is 5.02 Å². The Labute approximate surface area is 429 Å². The quantitative estimate of drug-likeness (QED) is 0.149. The Balaban J connectivity index is 0.000000146. The second-order valence-corrected chi connectivity index (χ2v) is 21.1. The first kappa shape index (κ1) is 43.9. The minimum atomic E-state index is 0.748. The van der Waals surface area contributed by atoms with Crippen LogP contribution in [0.15, 0.2) is 259 Å². The molecule has 0 bridgehead atoms. The van der Waals surface area contributed by atoms with Gasteiger partial charge in [0.1, 0.15) is 0 Å². The van der Waals surface area contributed by atoms with Crippen molar-refractivity contribution < 1.29 is 0 Å². The maximum absolute atomic E-state index is 6.31. The molecule has 0 nitrogen and oxygen atoms in total. The van der Waals surface area contributed by atoms with Crippen molar-refractivity contribution in [2.45, 2.75) is 0 Å². The molecule has 11 aromatic carbocycles. The van der Waals surface area contributed by atoms with E-state index in [1.54, 1.807) is 0 Å². The molecule has 0 radical (unpaired) electrons. The topological polar surface area (TPSA) is 0 Å². The number of benzene rings is 11. The van der Waals surface area contributed by atoms with Crippen LogP contribution in [0, 0.1) is 0 Å². The summed E-state index contributed by atoms with van der Waals surface area (Å²) in [5.74, 6) is 0. The van der Waals surface area contributed by atoms with E-state index in [0.29, 0.717) is 0 Å². The van der Waals surface area contributed by atoms with Crippen LogP contribution in [0.25, 0.3) is 119 Å². The van der Waals surface area contributed by atoms with Crippen LogP contribution >= 0.6 is 50.2 Å². The lowest BCUT2D eigenvalue weighted by atomic mass is 9.86. The summed E-state index contributed by atoms with van der Waals surface area (Å²) in [5.41, 5.74) is 16.3. The number of hydrogen-bond donors (Lipinski definition) is 0. The first-order valence-electron chi connectivity index (χ1n) is 23.4. The lowest BCUT2D eigenvalue weighted by molar-refractivity contribution is 1.64. The van der Waals surface area contributed by atoms with Crippen molar-refractivity contribution >= 4 is 91.9 Å².